The highest BCUT2D eigenvalue weighted by molar-refractivity contribution is 5.92. The lowest BCUT2D eigenvalue weighted by Gasteiger charge is -2.39. The predicted molar refractivity (Wildman–Crippen MR) is 140 cm³/mol. The van der Waals surface area contributed by atoms with E-state index in [0.29, 0.717) is 44.1 Å². The lowest BCUT2D eigenvalue weighted by Crippen LogP contribution is -2.44. The molecule has 4 rings (SSSR count). The maximum atomic E-state index is 12.8. The number of aryl methyl sites for hydroxylation is 1. The summed E-state index contributed by atoms with van der Waals surface area (Å²) in [6, 6.07) is 9.35. The fourth-order valence-electron chi connectivity index (χ4n) is 5.12. The summed E-state index contributed by atoms with van der Waals surface area (Å²) in [5.41, 5.74) is 0.974. The van der Waals surface area contributed by atoms with E-state index in [0.717, 1.165) is 43.7 Å². The fraction of sp³-hybridized carbons (Fsp3) is 0.500. The largest absolute Gasteiger partial charge is 0.493 e. The third-order valence-electron chi connectivity index (χ3n) is 7.24. The number of hydrogen-bond acceptors (Lipinski definition) is 6. The molecule has 2 aliphatic heterocycles. The van der Waals surface area contributed by atoms with Crippen LogP contribution in [0.4, 0.5) is 5.82 Å². The van der Waals surface area contributed by atoms with Crippen molar-refractivity contribution in [2.24, 2.45) is 5.41 Å². The van der Waals surface area contributed by atoms with Crippen LogP contribution in [0, 0.1) is 12.3 Å². The number of nitrogens with one attached hydrogen (secondary N) is 1. The van der Waals surface area contributed by atoms with Crippen LogP contribution in [0.3, 0.4) is 0 Å². The molecule has 3 heterocycles. The summed E-state index contributed by atoms with van der Waals surface area (Å²) >= 11 is 0. The number of anilines is 1. The van der Waals surface area contributed by atoms with Crippen molar-refractivity contribution in [3.8, 4) is 5.75 Å². The Morgan fingerprint density at radius 3 is 2.54 bits per heavy atom. The van der Waals surface area contributed by atoms with Crippen LogP contribution >= 0.6 is 0 Å². The summed E-state index contributed by atoms with van der Waals surface area (Å²) in [4.78, 5) is 41.5. The van der Waals surface area contributed by atoms with Crippen molar-refractivity contribution in [1.29, 1.82) is 0 Å². The van der Waals surface area contributed by atoms with Crippen LogP contribution < -0.4 is 10.1 Å². The normalized spacial score (nSPS) is 16.9. The first-order valence-electron chi connectivity index (χ1n) is 13.1. The molecule has 0 atom stereocenters. The zero-order valence-electron chi connectivity index (χ0n) is 21.7. The smallest absolute Gasteiger partial charge is 0.246 e. The number of ether oxygens (including phenoxy) is 1. The average Bonchev–Trinajstić information content (AvgIpc) is 3.50. The molecule has 2 fully saturated rings. The molecule has 3 amide bonds. The number of piperidine rings is 1. The maximum absolute atomic E-state index is 12.8. The van der Waals surface area contributed by atoms with E-state index in [2.05, 4.69) is 10.5 Å². The number of rotatable bonds is 9. The molecule has 1 N–H and O–H groups in total. The quantitative estimate of drug-likeness (QED) is 0.513. The van der Waals surface area contributed by atoms with Gasteiger partial charge in [-0.2, -0.15) is 0 Å². The Morgan fingerprint density at radius 2 is 1.84 bits per heavy atom. The van der Waals surface area contributed by atoms with Gasteiger partial charge in [-0.3, -0.25) is 14.4 Å². The zero-order valence-corrected chi connectivity index (χ0v) is 21.7. The van der Waals surface area contributed by atoms with E-state index < -0.39 is 0 Å². The number of carbonyl (C=O) groups is 3. The van der Waals surface area contributed by atoms with Gasteiger partial charge in [0.15, 0.2) is 5.82 Å². The third-order valence-corrected chi connectivity index (χ3v) is 7.24. The Bertz CT molecular complexity index is 1130. The number of aromatic nitrogens is 1. The lowest BCUT2D eigenvalue weighted by molar-refractivity contribution is -0.132. The first-order valence-corrected chi connectivity index (χ1v) is 13.1. The molecule has 9 nitrogen and oxygen atoms in total. The summed E-state index contributed by atoms with van der Waals surface area (Å²) in [6.45, 7) is 7.13. The summed E-state index contributed by atoms with van der Waals surface area (Å²) in [7, 11) is 0. The van der Waals surface area contributed by atoms with Crippen LogP contribution in [0.1, 0.15) is 56.8 Å². The summed E-state index contributed by atoms with van der Waals surface area (Å²) in [6.07, 6.45) is 7.30. The standard InChI is InChI=1S/C28H36N4O5/c1-3-36-23-8-5-4-7-22(23)11-12-27(35)31-16-13-28(14-17-31)15-18-32(20-28)26(34)10-6-9-25(33)29-24-19-21(2)37-30-24/h4-5,7-8,11-12,19H,3,6,9-10,13-18,20H2,1-2H3,(H,29,30,33). The fourth-order valence-corrected chi connectivity index (χ4v) is 5.12. The van der Waals surface area contributed by atoms with Crippen molar-refractivity contribution in [2.45, 2.75) is 52.4 Å². The van der Waals surface area contributed by atoms with Crippen molar-refractivity contribution in [3.05, 3.63) is 47.7 Å². The van der Waals surface area contributed by atoms with E-state index in [1.165, 1.54) is 0 Å². The van der Waals surface area contributed by atoms with E-state index in [1.807, 2.05) is 47.1 Å². The van der Waals surface area contributed by atoms with E-state index in [1.54, 1.807) is 19.1 Å². The van der Waals surface area contributed by atoms with Crippen molar-refractivity contribution in [1.82, 2.24) is 15.0 Å². The van der Waals surface area contributed by atoms with Crippen molar-refractivity contribution in [2.75, 3.05) is 38.1 Å². The molecule has 1 aromatic carbocycles. The SMILES string of the molecule is CCOc1ccccc1C=CC(=O)N1CCC2(CC1)CCN(C(=O)CCCC(=O)Nc1cc(C)on1)C2. The molecule has 9 heteroatoms. The Morgan fingerprint density at radius 1 is 1.11 bits per heavy atom. The summed E-state index contributed by atoms with van der Waals surface area (Å²) in [5.74, 6) is 1.72. The number of benzene rings is 1. The highest BCUT2D eigenvalue weighted by Gasteiger charge is 2.42. The molecule has 0 aliphatic carbocycles. The van der Waals surface area contributed by atoms with Gasteiger partial charge in [0.1, 0.15) is 11.5 Å². The first kappa shape index (κ1) is 26.4. The van der Waals surface area contributed by atoms with Crippen molar-refractivity contribution in [3.63, 3.8) is 0 Å². The number of amides is 3. The van der Waals surface area contributed by atoms with Crippen LogP contribution in [0.2, 0.25) is 0 Å². The molecule has 198 valence electrons. The second-order valence-corrected chi connectivity index (χ2v) is 9.92. The number of carbonyl (C=O) groups excluding carboxylic acids is 3. The van der Waals surface area contributed by atoms with Crippen LogP contribution in [0.15, 0.2) is 40.9 Å². The van der Waals surface area contributed by atoms with Gasteiger partial charge in [-0.1, -0.05) is 23.4 Å². The van der Waals surface area contributed by atoms with Crippen LogP contribution in [-0.2, 0) is 14.4 Å². The van der Waals surface area contributed by atoms with Gasteiger partial charge in [0.05, 0.1) is 6.61 Å². The molecule has 2 aromatic rings. The monoisotopic (exact) mass is 508 g/mol. The van der Waals surface area contributed by atoms with Crippen molar-refractivity contribution >= 4 is 29.6 Å². The zero-order chi connectivity index (χ0) is 26.3. The molecule has 0 radical (unpaired) electrons. The molecule has 0 saturated carbocycles. The predicted octanol–water partition coefficient (Wildman–Crippen LogP) is 4.05. The molecule has 0 unspecified atom stereocenters. The highest BCUT2D eigenvalue weighted by atomic mass is 16.5. The van der Waals surface area contributed by atoms with Gasteiger partial charge in [-0.25, -0.2) is 0 Å². The van der Waals surface area contributed by atoms with Gasteiger partial charge in [0.25, 0.3) is 0 Å². The Kier molecular flexibility index (Phi) is 8.63. The molecule has 1 spiro atoms. The van der Waals surface area contributed by atoms with Gasteiger partial charge in [-0.15, -0.1) is 0 Å². The van der Waals surface area contributed by atoms with Gasteiger partial charge < -0.3 is 24.4 Å². The van der Waals surface area contributed by atoms with Crippen LogP contribution in [0.25, 0.3) is 6.08 Å². The second kappa shape index (κ2) is 12.1. The van der Waals surface area contributed by atoms with Gasteiger partial charge in [0.2, 0.25) is 17.7 Å². The van der Waals surface area contributed by atoms with Gasteiger partial charge in [0, 0.05) is 56.7 Å². The molecular weight excluding hydrogens is 472 g/mol. The van der Waals surface area contributed by atoms with E-state index >= 15 is 0 Å². The van der Waals surface area contributed by atoms with Crippen LogP contribution in [-0.4, -0.2) is 65.5 Å². The Hall–Kier alpha value is -3.62. The molecule has 0 bridgehead atoms. The van der Waals surface area contributed by atoms with E-state index in [-0.39, 0.29) is 29.6 Å². The molecule has 2 saturated heterocycles. The molecule has 2 aliphatic rings. The molecular formula is C28H36N4O5. The minimum absolute atomic E-state index is 0.00568. The summed E-state index contributed by atoms with van der Waals surface area (Å²) in [5, 5.41) is 6.43. The van der Waals surface area contributed by atoms with Gasteiger partial charge >= 0.3 is 0 Å². The Balaban J connectivity index is 1.19. The van der Waals surface area contributed by atoms with Gasteiger partial charge in [-0.05, 0) is 57.1 Å². The van der Waals surface area contributed by atoms with Crippen LogP contribution in [0.5, 0.6) is 5.75 Å². The molecule has 1 aromatic heterocycles. The third kappa shape index (κ3) is 6.99. The number of nitrogens with zero attached hydrogens (tertiary/aromatic N) is 3. The number of likely N-dealkylation sites (tertiary alicyclic amines) is 2. The number of para-hydroxylation sites is 1. The topological polar surface area (TPSA) is 105 Å². The second-order valence-electron chi connectivity index (χ2n) is 9.92. The Labute approximate surface area is 217 Å². The van der Waals surface area contributed by atoms with E-state index in [4.69, 9.17) is 9.26 Å². The lowest BCUT2D eigenvalue weighted by atomic mass is 9.78. The van der Waals surface area contributed by atoms with E-state index in [9.17, 15) is 14.4 Å². The van der Waals surface area contributed by atoms with Crippen molar-refractivity contribution < 1.29 is 23.6 Å². The summed E-state index contributed by atoms with van der Waals surface area (Å²) < 4.78 is 10.6. The minimum Gasteiger partial charge on any atom is -0.493 e. The average molecular weight is 509 g/mol. The highest BCUT2D eigenvalue weighted by Crippen LogP contribution is 2.40. The number of hydrogen-bond donors (Lipinski definition) is 1. The molecule has 37 heavy (non-hydrogen) atoms. The maximum Gasteiger partial charge on any atom is 0.246 e. The minimum atomic E-state index is -0.175. The first-order chi connectivity index (χ1) is 17.9.